The van der Waals surface area contributed by atoms with Crippen molar-refractivity contribution in [1.82, 2.24) is 5.32 Å². The first-order chi connectivity index (χ1) is 6.56. The van der Waals surface area contributed by atoms with Gasteiger partial charge in [0.15, 0.2) is 0 Å². The zero-order valence-corrected chi connectivity index (χ0v) is 9.05. The Morgan fingerprint density at radius 3 is 2.71 bits per heavy atom. The smallest absolute Gasteiger partial charge is 0.0960 e. The van der Waals surface area contributed by atoms with Crippen molar-refractivity contribution >= 4 is 17.3 Å². The van der Waals surface area contributed by atoms with Crippen molar-refractivity contribution in [1.29, 1.82) is 0 Å². The van der Waals surface area contributed by atoms with Gasteiger partial charge in [0, 0.05) is 22.3 Å². The second kappa shape index (κ2) is 4.64. The quantitative estimate of drug-likeness (QED) is 0.670. The van der Waals surface area contributed by atoms with Crippen LogP contribution in [0.2, 0.25) is 5.02 Å². The molecule has 1 aromatic carbocycles. The molecule has 3 nitrogen and oxygen atoms in total. The van der Waals surface area contributed by atoms with Gasteiger partial charge >= 0.3 is 0 Å². The fraction of sp³-hybridized carbons (Fsp3) is 0.400. The third-order valence-corrected chi connectivity index (χ3v) is 2.53. The van der Waals surface area contributed by atoms with E-state index in [-0.39, 0.29) is 6.04 Å². The summed E-state index contributed by atoms with van der Waals surface area (Å²) in [6.45, 7) is 1.88. The Hall–Kier alpha value is -0.770. The number of aliphatic hydroxyl groups excluding tert-OH is 1. The Bertz CT molecular complexity index is 317. The van der Waals surface area contributed by atoms with Gasteiger partial charge in [-0.15, -0.1) is 0 Å². The summed E-state index contributed by atoms with van der Waals surface area (Å²) in [5.74, 6) is 0. The van der Waals surface area contributed by atoms with Crippen molar-refractivity contribution in [2.45, 2.75) is 19.1 Å². The van der Waals surface area contributed by atoms with Crippen LogP contribution < -0.4 is 11.1 Å². The van der Waals surface area contributed by atoms with Crippen LogP contribution in [0.5, 0.6) is 0 Å². The van der Waals surface area contributed by atoms with Gasteiger partial charge in [-0.05, 0) is 32.2 Å². The number of hydrogen-bond acceptors (Lipinski definition) is 3. The summed E-state index contributed by atoms with van der Waals surface area (Å²) in [5.41, 5.74) is 6.96. The fourth-order valence-electron chi connectivity index (χ4n) is 1.23. The normalized spacial score (nSPS) is 15.1. The van der Waals surface area contributed by atoms with E-state index in [4.69, 9.17) is 17.3 Å². The molecule has 1 rings (SSSR count). The average molecular weight is 215 g/mol. The molecule has 4 heteroatoms. The van der Waals surface area contributed by atoms with Gasteiger partial charge in [-0.25, -0.2) is 0 Å². The van der Waals surface area contributed by atoms with E-state index in [0.717, 1.165) is 0 Å². The second-order valence-electron chi connectivity index (χ2n) is 3.30. The molecule has 0 aliphatic carbocycles. The summed E-state index contributed by atoms with van der Waals surface area (Å²) in [5, 5.41) is 13.4. The van der Waals surface area contributed by atoms with Gasteiger partial charge in [-0.1, -0.05) is 11.6 Å². The average Bonchev–Trinajstić information content (AvgIpc) is 2.19. The Labute approximate surface area is 88.9 Å². The van der Waals surface area contributed by atoms with Gasteiger partial charge in [0.25, 0.3) is 0 Å². The highest BCUT2D eigenvalue weighted by Crippen LogP contribution is 2.26. The van der Waals surface area contributed by atoms with E-state index < -0.39 is 6.10 Å². The Morgan fingerprint density at radius 1 is 1.50 bits per heavy atom. The number of nitrogens with one attached hydrogen (secondary N) is 1. The molecular weight excluding hydrogens is 200 g/mol. The monoisotopic (exact) mass is 214 g/mol. The van der Waals surface area contributed by atoms with Crippen LogP contribution in [0.4, 0.5) is 5.69 Å². The van der Waals surface area contributed by atoms with Crippen molar-refractivity contribution in [3.8, 4) is 0 Å². The van der Waals surface area contributed by atoms with Gasteiger partial charge in [0.05, 0.1) is 6.10 Å². The topological polar surface area (TPSA) is 58.3 Å². The number of aliphatic hydroxyl groups is 1. The summed E-state index contributed by atoms with van der Waals surface area (Å²) >= 11 is 5.82. The largest absolute Gasteiger partial charge is 0.398 e. The molecule has 0 heterocycles. The number of rotatable bonds is 3. The van der Waals surface area contributed by atoms with Crippen molar-refractivity contribution < 1.29 is 5.11 Å². The zero-order chi connectivity index (χ0) is 10.7. The van der Waals surface area contributed by atoms with Crippen LogP contribution in [0.1, 0.15) is 18.6 Å². The molecule has 0 saturated carbocycles. The van der Waals surface area contributed by atoms with Crippen LogP contribution >= 0.6 is 11.6 Å². The minimum atomic E-state index is -0.640. The molecule has 78 valence electrons. The predicted octanol–water partition coefficient (Wildman–Crippen LogP) is 1.56. The van der Waals surface area contributed by atoms with E-state index in [1.54, 1.807) is 25.2 Å². The molecule has 0 saturated heterocycles. The third kappa shape index (κ3) is 2.38. The standard InChI is InChI=1S/C10H15ClN2O/c1-6(13-2)10(14)8-5-7(11)3-4-9(8)12/h3-6,10,13-14H,12H2,1-2H3. The van der Waals surface area contributed by atoms with Gasteiger partial charge in [0.1, 0.15) is 0 Å². The molecule has 2 unspecified atom stereocenters. The lowest BCUT2D eigenvalue weighted by atomic mass is 10.0. The van der Waals surface area contributed by atoms with E-state index in [1.165, 1.54) is 0 Å². The number of halogens is 1. The number of anilines is 1. The molecule has 0 aliphatic rings. The lowest BCUT2D eigenvalue weighted by Crippen LogP contribution is -2.29. The van der Waals surface area contributed by atoms with Crippen molar-refractivity contribution in [2.75, 3.05) is 12.8 Å². The van der Waals surface area contributed by atoms with Crippen molar-refractivity contribution in [3.05, 3.63) is 28.8 Å². The molecule has 0 spiro atoms. The Morgan fingerprint density at radius 2 is 2.14 bits per heavy atom. The number of benzene rings is 1. The van der Waals surface area contributed by atoms with E-state index in [9.17, 15) is 5.11 Å². The van der Waals surface area contributed by atoms with Crippen molar-refractivity contribution in [2.24, 2.45) is 0 Å². The first-order valence-corrected chi connectivity index (χ1v) is 4.84. The van der Waals surface area contributed by atoms with Crippen LogP contribution in [-0.2, 0) is 0 Å². The van der Waals surface area contributed by atoms with E-state index in [1.807, 2.05) is 6.92 Å². The molecule has 0 radical (unpaired) electrons. The van der Waals surface area contributed by atoms with Crippen LogP contribution in [0.15, 0.2) is 18.2 Å². The lowest BCUT2D eigenvalue weighted by Gasteiger charge is -2.20. The molecule has 0 bridgehead atoms. The summed E-state index contributed by atoms with van der Waals surface area (Å²) in [6.07, 6.45) is -0.640. The van der Waals surface area contributed by atoms with Gasteiger partial charge in [-0.3, -0.25) is 0 Å². The predicted molar refractivity (Wildman–Crippen MR) is 59.3 cm³/mol. The van der Waals surface area contributed by atoms with Crippen LogP contribution in [0.3, 0.4) is 0 Å². The number of likely N-dealkylation sites (N-methyl/N-ethyl adjacent to an activating group) is 1. The third-order valence-electron chi connectivity index (χ3n) is 2.30. The second-order valence-corrected chi connectivity index (χ2v) is 3.73. The highest BCUT2D eigenvalue weighted by molar-refractivity contribution is 6.30. The molecule has 0 fully saturated rings. The Balaban J connectivity index is 2.99. The molecule has 1 aromatic rings. The maximum Gasteiger partial charge on any atom is 0.0960 e. The SMILES string of the molecule is CNC(C)C(O)c1cc(Cl)ccc1N. The minimum absolute atomic E-state index is 0.0595. The summed E-state index contributed by atoms with van der Waals surface area (Å²) < 4.78 is 0. The van der Waals surface area contributed by atoms with Gasteiger partial charge in [0.2, 0.25) is 0 Å². The highest BCUT2D eigenvalue weighted by Gasteiger charge is 2.17. The molecule has 4 N–H and O–H groups in total. The lowest BCUT2D eigenvalue weighted by molar-refractivity contribution is 0.141. The maximum atomic E-state index is 9.89. The highest BCUT2D eigenvalue weighted by atomic mass is 35.5. The number of nitrogens with two attached hydrogens (primary N) is 1. The molecular formula is C10H15ClN2O. The molecule has 0 aromatic heterocycles. The summed E-state index contributed by atoms with van der Waals surface area (Å²) in [7, 11) is 1.79. The summed E-state index contributed by atoms with van der Waals surface area (Å²) in [6, 6.07) is 5.03. The minimum Gasteiger partial charge on any atom is -0.398 e. The maximum absolute atomic E-state index is 9.89. The number of nitrogen functional groups attached to an aromatic ring is 1. The van der Waals surface area contributed by atoms with E-state index in [2.05, 4.69) is 5.32 Å². The Kier molecular flexibility index (Phi) is 3.75. The number of hydrogen-bond donors (Lipinski definition) is 3. The first kappa shape index (κ1) is 11.3. The molecule has 0 aliphatic heterocycles. The zero-order valence-electron chi connectivity index (χ0n) is 8.29. The molecule has 2 atom stereocenters. The van der Waals surface area contributed by atoms with Crippen LogP contribution in [-0.4, -0.2) is 18.2 Å². The van der Waals surface area contributed by atoms with Crippen molar-refractivity contribution in [3.63, 3.8) is 0 Å². The summed E-state index contributed by atoms with van der Waals surface area (Å²) in [4.78, 5) is 0. The first-order valence-electron chi connectivity index (χ1n) is 4.46. The molecule has 0 amide bonds. The van der Waals surface area contributed by atoms with E-state index >= 15 is 0 Å². The fourth-order valence-corrected chi connectivity index (χ4v) is 1.41. The van der Waals surface area contributed by atoms with Gasteiger partial charge in [-0.2, -0.15) is 0 Å². The van der Waals surface area contributed by atoms with Crippen LogP contribution in [0, 0.1) is 0 Å². The molecule has 14 heavy (non-hydrogen) atoms. The van der Waals surface area contributed by atoms with Crippen LogP contribution in [0.25, 0.3) is 0 Å². The van der Waals surface area contributed by atoms with Gasteiger partial charge < -0.3 is 16.2 Å². The van der Waals surface area contributed by atoms with E-state index in [0.29, 0.717) is 16.3 Å².